The molecule has 248 valence electrons. The van der Waals surface area contributed by atoms with Crippen LogP contribution in [0, 0.1) is 5.41 Å². The maximum Gasteiger partial charge on any atom is 0.429 e. The Labute approximate surface area is 273 Å². The Kier molecular flexibility index (Phi) is 10.1. The van der Waals surface area contributed by atoms with Crippen LogP contribution in [0.5, 0.6) is 0 Å². The van der Waals surface area contributed by atoms with E-state index in [1.165, 1.54) is 32.4 Å². The minimum absolute atomic E-state index is 0.0656. The van der Waals surface area contributed by atoms with E-state index in [1.54, 1.807) is 9.96 Å². The smallest absolute Gasteiger partial charge is 0.351 e. The summed E-state index contributed by atoms with van der Waals surface area (Å²) in [6.07, 6.45) is 7.70. The molecule has 1 aromatic heterocycles. The number of hydroxylamine groups is 2. The van der Waals surface area contributed by atoms with Crippen molar-refractivity contribution in [1.82, 2.24) is 29.7 Å². The Morgan fingerprint density at radius 3 is 2.33 bits per heavy atom. The van der Waals surface area contributed by atoms with E-state index in [9.17, 15) is 4.79 Å². The summed E-state index contributed by atoms with van der Waals surface area (Å²) in [5.41, 5.74) is 0.919. The molecule has 4 heterocycles. The third kappa shape index (κ3) is 7.81. The molecule has 1 N–H and O–H groups in total. The van der Waals surface area contributed by atoms with Crippen molar-refractivity contribution in [2.45, 2.75) is 83.6 Å². The van der Waals surface area contributed by atoms with E-state index in [0.717, 1.165) is 35.5 Å². The first-order valence-corrected chi connectivity index (χ1v) is 17.2. The molecule has 1 amide bonds. The molecule has 3 fully saturated rings. The standard InChI is InChI=1S/C37H51FN6O2/c1-36(2,3)33(34-40-32(30-15-9-5-10-16-30)26-42(34)25-29-13-7-4-8-14-29)44(28-37(38)19-20-39-27-37)35(45)46-43-23-17-31(18-24-43)41-21-11-6-12-22-41/h4-5,7-10,13-16,26,31,33,39H,6,11-12,17-25,27-28H2,1-3H3/t33-,37-/m0/s1. The van der Waals surface area contributed by atoms with Crippen molar-refractivity contribution in [1.29, 1.82) is 0 Å². The number of amides is 1. The number of piperidine rings is 2. The highest BCUT2D eigenvalue weighted by molar-refractivity contribution is 5.68. The molecule has 3 aromatic rings. The minimum atomic E-state index is -1.55. The normalized spacial score (nSPS) is 22.5. The highest BCUT2D eigenvalue weighted by Crippen LogP contribution is 2.41. The van der Waals surface area contributed by atoms with Crippen LogP contribution in [0.25, 0.3) is 11.3 Å². The molecular weight excluding hydrogens is 579 g/mol. The van der Waals surface area contributed by atoms with Crippen LogP contribution >= 0.6 is 0 Å². The zero-order valence-electron chi connectivity index (χ0n) is 27.8. The van der Waals surface area contributed by atoms with Crippen molar-refractivity contribution >= 4 is 6.09 Å². The number of hydrogen-bond donors (Lipinski definition) is 1. The first-order chi connectivity index (χ1) is 22.2. The van der Waals surface area contributed by atoms with Gasteiger partial charge in [-0.2, -0.15) is 0 Å². The highest BCUT2D eigenvalue weighted by Gasteiger charge is 2.46. The van der Waals surface area contributed by atoms with Gasteiger partial charge in [0.2, 0.25) is 0 Å². The zero-order valence-corrected chi connectivity index (χ0v) is 27.8. The molecular formula is C37H51FN6O2. The highest BCUT2D eigenvalue weighted by atomic mass is 19.1. The first-order valence-electron chi connectivity index (χ1n) is 17.2. The van der Waals surface area contributed by atoms with Crippen LogP contribution in [0.1, 0.15) is 76.7 Å². The fourth-order valence-electron chi connectivity index (χ4n) is 7.46. The summed E-state index contributed by atoms with van der Waals surface area (Å²) in [5.74, 6) is 0.727. The molecule has 46 heavy (non-hydrogen) atoms. The third-order valence-corrected chi connectivity index (χ3v) is 9.87. The Balaban J connectivity index is 1.32. The summed E-state index contributed by atoms with van der Waals surface area (Å²) in [4.78, 5) is 30.0. The van der Waals surface area contributed by atoms with Gasteiger partial charge in [0, 0.05) is 44.0 Å². The molecule has 6 rings (SSSR count). The molecule has 3 aliphatic rings. The Morgan fingerprint density at radius 2 is 1.70 bits per heavy atom. The number of hydrogen-bond acceptors (Lipinski definition) is 6. The third-order valence-electron chi connectivity index (χ3n) is 9.87. The Hall–Kier alpha value is -3.27. The van der Waals surface area contributed by atoms with Gasteiger partial charge in [0.1, 0.15) is 11.5 Å². The molecule has 2 atom stereocenters. The summed E-state index contributed by atoms with van der Waals surface area (Å²) in [5, 5.41) is 4.98. The van der Waals surface area contributed by atoms with E-state index < -0.39 is 23.2 Å². The van der Waals surface area contributed by atoms with Crippen molar-refractivity contribution in [3.63, 3.8) is 0 Å². The summed E-state index contributed by atoms with van der Waals surface area (Å²) in [7, 11) is 0. The maximum absolute atomic E-state index is 16.4. The number of halogens is 1. The predicted octanol–water partition coefficient (Wildman–Crippen LogP) is 6.69. The van der Waals surface area contributed by atoms with E-state index in [4.69, 9.17) is 9.82 Å². The van der Waals surface area contributed by atoms with Gasteiger partial charge in [0.15, 0.2) is 0 Å². The van der Waals surface area contributed by atoms with Crippen LogP contribution < -0.4 is 5.32 Å². The molecule has 0 bridgehead atoms. The average Bonchev–Trinajstić information content (AvgIpc) is 3.68. The van der Waals surface area contributed by atoms with E-state index in [2.05, 4.69) is 53.9 Å². The molecule has 9 heteroatoms. The number of imidazole rings is 1. The number of aromatic nitrogens is 2. The lowest BCUT2D eigenvalue weighted by Gasteiger charge is -2.43. The van der Waals surface area contributed by atoms with Crippen molar-refractivity contribution in [2.24, 2.45) is 5.41 Å². The van der Waals surface area contributed by atoms with E-state index in [1.807, 2.05) is 48.5 Å². The van der Waals surface area contributed by atoms with Gasteiger partial charge in [-0.1, -0.05) is 87.9 Å². The zero-order chi connectivity index (χ0) is 32.1. The number of benzene rings is 2. The lowest BCUT2D eigenvalue weighted by Crippen LogP contribution is -2.52. The molecule has 0 unspecified atom stereocenters. The lowest BCUT2D eigenvalue weighted by molar-refractivity contribution is -0.140. The van der Waals surface area contributed by atoms with Gasteiger partial charge in [-0.15, -0.1) is 5.06 Å². The van der Waals surface area contributed by atoms with Crippen LogP contribution in [0.15, 0.2) is 66.9 Å². The van der Waals surface area contributed by atoms with Crippen molar-refractivity contribution in [3.8, 4) is 11.3 Å². The first kappa shape index (κ1) is 32.7. The second-order valence-corrected chi connectivity index (χ2v) is 14.6. The van der Waals surface area contributed by atoms with Crippen molar-refractivity contribution in [2.75, 3.05) is 45.8 Å². The molecule has 3 saturated heterocycles. The maximum atomic E-state index is 16.4. The summed E-state index contributed by atoms with van der Waals surface area (Å²) >= 11 is 0. The Morgan fingerprint density at radius 1 is 1.02 bits per heavy atom. The van der Waals surface area contributed by atoms with Gasteiger partial charge < -0.3 is 19.6 Å². The SMILES string of the molecule is CC(C)(C)[C@H](c1nc(-c2ccccc2)cn1Cc1ccccc1)N(C[C@]1(F)CCNC1)C(=O)ON1CCC(N2CCCCC2)CC1. The molecule has 0 saturated carbocycles. The average molecular weight is 631 g/mol. The molecule has 0 aliphatic carbocycles. The van der Waals surface area contributed by atoms with E-state index in [0.29, 0.717) is 38.6 Å². The number of alkyl halides is 1. The monoisotopic (exact) mass is 630 g/mol. The van der Waals surface area contributed by atoms with E-state index >= 15 is 4.39 Å². The Bertz CT molecular complexity index is 1400. The van der Waals surface area contributed by atoms with Gasteiger partial charge in [0.25, 0.3) is 0 Å². The van der Waals surface area contributed by atoms with Crippen molar-refractivity contribution in [3.05, 3.63) is 78.2 Å². The summed E-state index contributed by atoms with van der Waals surface area (Å²) in [6.45, 7) is 11.3. The van der Waals surface area contributed by atoms with Crippen molar-refractivity contribution < 1.29 is 14.0 Å². The van der Waals surface area contributed by atoms with Crippen LogP contribution in [-0.4, -0.2) is 88.0 Å². The number of nitrogens with zero attached hydrogens (tertiary/aromatic N) is 5. The summed E-state index contributed by atoms with van der Waals surface area (Å²) in [6, 6.07) is 20.4. The number of carbonyl (C=O) groups excluding carboxylic acids is 1. The predicted molar refractivity (Wildman–Crippen MR) is 180 cm³/mol. The van der Waals surface area contributed by atoms with Gasteiger partial charge in [-0.25, -0.2) is 14.2 Å². The largest absolute Gasteiger partial charge is 0.429 e. The fourth-order valence-corrected chi connectivity index (χ4v) is 7.46. The van der Waals surface area contributed by atoms with Gasteiger partial charge in [0.05, 0.1) is 18.3 Å². The van der Waals surface area contributed by atoms with Gasteiger partial charge >= 0.3 is 6.09 Å². The lowest BCUT2D eigenvalue weighted by atomic mass is 9.84. The van der Waals surface area contributed by atoms with Crippen LogP contribution in [0.4, 0.5) is 9.18 Å². The molecule has 0 radical (unpaired) electrons. The fraction of sp³-hybridized carbons (Fsp3) is 0.568. The number of nitrogens with one attached hydrogen (secondary N) is 1. The summed E-state index contributed by atoms with van der Waals surface area (Å²) < 4.78 is 18.5. The number of likely N-dealkylation sites (tertiary alicyclic amines) is 1. The molecule has 3 aliphatic heterocycles. The minimum Gasteiger partial charge on any atom is -0.351 e. The number of rotatable bonds is 9. The van der Waals surface area contributed by atoms with Crippen LogP contribution in [0.2, 0.25) is 0 Å². The van der Waals surface area contributed by atoms with Gasteiger partial charge in [-0.05, 0) is 62.7 Å². The van der Waals surface area contributed by atoms with Crippen LogP contribution in [0.3, 0.4) is 0 Å². The molecule has 8 nitrogen and oxygen atoms in total. The topological polar surface area (TPSA) is 65.9 Å². The number of carbonyl (C=O) groups is 1. The second kappa shape index (κ2) is 14.2. The molecule has 0 spiro atoms. The second-order valence-electron chi connectivity index (χ2n) is 14.6. The van der Waals surface area contributed by atoms with Crippen LogP contribution in [-0.2, 0) is 11.4 Å². The van der Waals surface area contributed by atoms with Gasteiger partial charge in [-0.3, -0.25) is 4.90 Å². The molecule has 2 aromatic carbocycles. The quantitative estimate of drug-likeness (QED) is 0.284. The van der Waals surface area contributed by atoms with E-state index in [-0.39, 0.29) is 13.1 Å².